The van der Waals surface area contributed by atoms with Crippen molar-refractivity contribution in [1.29, 1.82) is 0 Å². The van der Waals surface area contributed by atoms with Crippen LogP contribution < -0.4 is 17.3 Å². The van der Waals surface area contributed by atoms with Crippen LogP contribution in [0.2, 0.25) is 0 Å². The van der Waals surface area contributed by atoms with Crippen molar-refractivity contribution in [2.45, 2.75) is 27.4 Å². The molecule has 0 bridgehead atoms. The molecular formula is C31H32O10S3. The van der Waals surface area contributed by atoms with E-state index in [9.17, 15) is 25.3 Å². The summed E-state index contributed by atoms with van der Waals surface area (Å²) in [5.41, 5.74) is 5.27. The van der Waals surface area contributed by atoms with Crippen LogP contribution in [0.15, 0.2) is 72.8 Å². The highest BCUT2D eigenvalue weighted by atomic mass is 32.2. The molecule has 0 spiro atoms. The van der Waals surface area contributed by atoms with Gasteiger partial charge in [0.25, 0.3) is 0 Å². The van der Waals surface area contributed by atoms with E-state index in [1.165, 1.54) is 18.2 Å². The molecule has 4 aromatic carbocycles. The van der Waals surface area contributed by atoms with Crippen molar-refractivity contribution in [2.24, 2.45) is 0 Å². The van der Waals surface area contributed by atoms with Gasteiger partial charge in [-0.25, -0.2) is 0 Å². The number of rotatable bonds is 11. The van der Waals surface area contributed by atoms with Gasteiger partial charge in [0, 0.05) is 11.1 Å². The fourth-order valence-corrected chi connectivity index (χ4v) is 6.04. The van der Waals surface area contributed by atoms with Crippen LogP contribution in [-0.4, -0.2) is 44.0 Å². The Kier molecular flexibility index (Phi) is 9.33. The first-order chi connectivity index (χ1) is 20.4. The summed E-state index contributed by atoms with van der Waals surface area (Å²) < 4.78 is 93.7. The summed E-state index contributed by atoms with van der Waals surface area (Å²) in [6.45, 7) is 5.64. The summed E-state index contributed by atoms with van der Waals surface area (Å²) in [6.07, 6.45) is 2.78. The maximum Gasteiger partial charge on any atom is 0.306 e. The van der Waals surface area contributed by atoms with Crippen LogP contribution in [0.3, 0.4) is 0 Å². The average Bonchev–Trinajstić information content (AvgIpc) is 2.89. The van der Waals surface area contributed by atoms with Crippen LogP contribution in [0.1, 0.15) is 22.3 Å². The Balaban J connectivity index is 1.82. The lowest BCUT2D eigenvalue weighted by Crippen LogP contribution is -2.10. The fourth-order valence-electron chi connectivity index (χ4n) is 4.60. The molecule has 10 nitrogen and oxygen atoms in total. The fraction of sp³-hybridized carbons (Fsp3) is 0.226. The zero-order valence-corrected chi connectivity index (χ0v) is 27.4. The molecule has 234 valence electrons. The van der Waals surface area contributed by atoms with Crippen LogP contribution >= 0.6 is 0 Å². The Bertz CT molecular complexity index is 2020. The summed E-state index contributed by atoms with van der Waals surface area (Å²) in [6, 6.07) is 20.3. The first-order valence-corrected chi connectivity index (χ1v) is 18.6. The molecule has 0 aliphatic carbocycles. The molecule has 44 heavy (non-hydrogen) atoms. The van der Waals surface area contributed by atoms with Gasteiger partial charge < -0.3 is 17.3 Å². The third kappa shape index (κ3) is 8.74. The van der Waals surface area contributed by atoms with Crippen molar-refractivity contribution in [3.8, 4) is 45.3 Å². The second kappa shape index (κ2) is 12.5. The van der Waals surface area contributed by atoms with E-state index in [2.05, 4.69) is 0 Å². The summed E-state index contributed by atoms with van der Waals surface area (Å²) in [4.78, 5) is 0. The molecule has 0 N–H and O–H groups in total. The minimum absolute atomic E-state index is 0.0307. The van der Waals surface area contributed by atoms with E-state index in [-0.39, 0.29) is 29.6 Å². The standard InChI is InChI=1S/C31H32O10S3/c1-20-7-9-23(10-8-20)19-38-28-16-13-25(18-29(28)40-43(5,34)35)27-17-21(2)30(22(3)31(27)41-44(6,36)37)24-11-14-26(15-12-24)39-42(4,32)33/h7-18H,19H2,1-6H3. The molecule has 4 rings (SSSR count). The molecule has 0 amide bonds. The highest BCUT2D eigenvalue weighted by molar-refractivity contribution is 7.86. The predicted octanol–water partition coefficient (Wildman–Crippen LogP) is 5.54. The molecule has 0 fully saturated rings. The zero-order valence-electron chi connectivity index (χ0n) is 24.9. The van der Waals surface area contributed by atoms with Crippen LogP contribution in [0.4, 0.5) is 0 Å². The lowest BCUT2D eigenvalue weighted by atomic mass is 9.90. The predicted molar refractivity (Wildman–Crippen MR) is 169 cm³/mol. The molecule has 0 aromatic heterocycles. The van der Waals surface area contributed by atoms with Gasteiger partial charge in [-0.1, -0.05) is 48.0 Å². The van der Waals surface area contributed by atoms with Crippen molar-refractivity contribution >= 4 is 30.4 Å². The molecular weight excluding hydrogens is 629 g/mol. The van der Waals surface area contributed by atoms with Crippen molar-refractivity contribution in [3.05, 3.63) is 95.1 Å². The molecule has 0 unspecified atom stereocenters. The van der Waals surface area contributed by atoms with Crippen molar-refractivity contribution in [2.75, 3.05) is 18.8 Å². The van der Waals surface area contributed by atoms with Gasteiger partial charge in [0.2, 0.25) is 0 Å². The molecule has 13 heteroatoms. The van der Waals surface area contributed by atoms with E-state index in [0.717, 1.165) is 35.5 Å². The SMILES string of the molecule is Cc1ccc(COc2ccc(-c3cc(C)c(-c4ccc(OS(C)(=O)=O)cc4)c(C)c3OS(C)(=O)=O)cc2OS(C)(=O)=O)cc1. The van der Waals surface area contributed by atoms with E-state index < -0.39 is 30.4 Å². The van der Waals surface area contributed by atoms with Crippen molar-refractivity contribution in [3.63, 3.8) is 0 Å². The van der Waals surface area contributed by atoms with Gasteiger partial charge in [0.1, 0.15) is 12.4 Å². The number of aryl methyl sites for hydroxylation is 2. The van der Waals surface area contributed by atoms with E-state index in [4.69, 9.17) is 17.3 Å². The van der Waals surface area contributed by atoms with E-state index in [0.29, 0.717) is 27.8 Å². The molecule has 0 atom stereocenters. The summed E-state index contributed by atoms with van der Waals surface area (Å²) in [5, 5.41) is 0. The smallest absolute Gasteiger partial charge is 0.306 e. The quantitative estimate of drug-likeness (QED) is 0.188. The second-order valence-corrected chi connectivity index (χ2v) is 15.1. The van der Waals surface area contributed by atoms with E-state index in [1.807, 2.05) is 38.1 Å². The van der Waals surface area contributed by atoms with Crippen LogP contribution in [0.5, 0.6) is 23.0 Å². The summed E-state index contributed by atoms with van der Waals surface area (Å²) in [5.74, 6) is 0.247. The van der Waals surface area contributed by atoms with Gasteiger partial charge in [0.05, 0.1) is 18.8 Å². The van der Waals surface area contributed by atoms with E-state index in [1.54, 1.807) is 37.3 Å². The zero-order chi connectivity index (χ0) is 32.4. The Morgan fingerprint density at radius 2 is 1.16 bits per heavy atom. The number of hydrogen-bond acceptors (Lipinski definition) is 10. The molecule has 0 heterocycles. The van der Waals surface area contributed by atoms with Gasteiger partial charge in [-0.3, -0.25) is 0 Å². The van der Waals surface area contributed by atoms with Gasteiger partial charge in [-0.05, 0) is 78.9 Å². The molecule has 0 aliphatic heterocycles. The van der Waals surface area contributed by atoms with Crippen LogP contribution in [-0.2, 0) is 37.0 Å². The average molecular weight is 661 g/mol. The lowest BCUT2D eigenvalue weighted by molar-refractivity contribution is 0.296. The third-order valence-corrected chi connectivity index (χ3v) is 7.80. The molecule has 0 radical (unpaired) electrons. The molecule has 4 aromatic rings. The summed E-state index contributed by atoms with van der Waals surface area (Å²) in [7, 11) is -11.7. The number of ether oxygens (including phenoxy) is 1. The Hall–Kier alpha value is -4.07. The van der Waals surface area contributed by atoms with Gasteiger partial charge in [0.15, 0.2) is 17.2 Å². The monoisotopic (exact) mass is 660 g/mol. The van der Waals surface area contributed by atoms with Crippen molar-refractivity contribution < 1.29 is 42.5 Å². The largest absolute Gasteiger partial charge is 0.485 e. The summed E-state index contributed by atoms with van der Waals surface area (Å²) >= 11 is 0. The van der Waals surface area contributed by atoms with Crippen LogP contribution in [0.25, 0.3) is 22.3 Å². The minimum atomic E-state index is -4.00. The highest BCUT2D eigenvalue weighted by Gasteiger charge is 2.22. The maximum atomic E-state index is 12.4. The second-order valence-electron chi connectivity index (χ2n) is 10.4. The van der Waals surface area contributed by atoms with E-state index >= 15 is 0 Å². The Labute approximate surface area is 258 Å². The number of benzene rings is 4. The first-order valence-electron chi connectivity index (χ1n) is 13.1. The third-order valence-electron chi connectivity index (χ3n) is 6.35. The lowest BCUT2D eigenvalue weighted by Gasteiger charge is -2.20. The van der Waals surface area contributed by atoms with Gasteiger partial charge in [-0.2, -0.15) is 25.3 Å². The maximum absolute atomic E-state index is 12.4. The molecule has 0 aliphatic rings. The van der Waals surface area contributed by atoms with Gasteiger partial charge in [-0.15, -0.1) is 0 Å². The Morgan fingerprint density at radius 3 is 1.73 bits per heavy atom. The molecule has 0 saturated heterocycles. The topological polar surface area (TPSA) is 139 Å². The first kappa shape index (κ1) is 32.8. The van der Waals surface area contributed by atoms with Crippen molar-refractivity contribution in [1.82, 2.24) is 0 Å². The van der Waals surface area contributed by atoms with Crippen LogP contribution in [0, 0.1) is 20.8 Å². The highest BCUT2D eigenvalue weighted by Crippen LogP contribution is 2.44. The van der Waals surface area contributed by atoms with Gasteiger partial charge >= 0.3 is 30.4 Å². The Morgan fingerprint density at radius 1 is 0.591 bits per heavy atom. The molecule has 0 saturated carbocycles. The minimum Gasteiger partial charge on any atom is -0.485 e. The number of hydrogen-bond donors (Lipinski definition) is 0. The normalized spacial score (nSPS) is 12.0.